The summed E-state index contributed by atoms with van der Waals surface area (Å²) in [6.07, 6.45) is 0. The summed E-state index contributed by atoms with van der Waals surface area (Å²) in [5.41, 5.74) is 1.64. The maximum Gasteiger partial charge on any atom is 0.127 e. The highest BCUT2D eigenvalue weighted by atomic mass is 35.5. The molecule has 1 aromatic carbocycles. The van der Waals surface area contributed by atoms with Gasteiger partial charge in [0, 0.05) is 13.2 Å². The number of ether oxygens (including phenoxy) is 2. The number of alkyl halides is 1. The van der Waals surface area contributed by atoms with Crippen molar-refractivity contribution in [1.29, 1.82) is 0 Å². The van der Waals surface area contributed by atoms with Gasteiger partial charge in [-0.1, -0.05) is 0 Å². The summed E-state index contributed by atoms with van der Waals surface area (Å²) >= 11 is 6.27. The van der Waals surface area contributed by atoms with Crippen LogP contribution in [0.2, 0.25) is 0 Å². The molecule has 1 aromatic heterocycles. The zero-order valence-electron chi connectivity index (χ0n) is 12.6. The molecule has 0 aliphatic carbocycles. The third-order valence-electron chi connectivity index (χ3n) is 3.43. The number of halogens is 1. The highest BCUT2D eigenvalue weighted by Crippen LogP contribution is 2.29. The number of hydrogen-bond acceptors (Lipinski definition) is 3. The average molecular weight is 297 g/mol. The zero-order valence-corrected chi connectivity index (χ0v) is 13.4. The van der Waals surface area contributed by atoms with Crippen molar-refractivity contribution in [3.8, 4) is 5.75 Å². The SMILES string of the molecule is COc1ccc2c(c1)nc(C(C)Cl)n2CC(C)(C)OC. The first kappa shape index (κ1) is 15.1. The molecule has 2 rings (SSSR count). The first-order chi connectivity index (χ1) is 9.38. The smallest absolute Gasteiger partial charge is 0.127 e. The Balaban J connectivity index is 2.57. The topological polar surface area (TPSA) is 36.3 Å². The van der Waals surface area contributed by atoms with E-state index < -0.39 is 0 Å². The molecule has 1 atom stereocenters. The van der Waals surface area contributed by atoms with Crippen molar-refractivity contribution >= 4 is 22.6 Å². The number of hydrogen-bond donors (Lipinski definition) is 0. The van der Waals surface area contributed by atoms with Crippen LogP contribution in [-0.4, -0.2) is 29.4 Å². The summed E-state index contributed by atoms with van der Waals surface area (Å²) in [7, 11) is 3.36. The molecule has 1 unspecified atom stereocenters. The first-order valence-electron chi connectivity index (χ1n) is 6.61. The van der Waals surface area contributed by atoms with E-state index in [-0.39, 0.29) is 11.0 Å². The Labute approximate surface area is 124 Å². The molecule has 0 radical (unpaired) electrons. The van der Waals surface area contributed by atoms with Crippen LogP contribution < -0.4 is 4.74 Å². The van der Waals surface area contributed by atoms with Gasteiger partial charge in [0.15, 0.2) is 0 Å². The maximum atomic E-state index is 6.27. The van der Waals surface area contributed by atoms with Gasteiger partial charge in [0.2, 0.25) is 0 Å². The minimum atomic E-state index is -0.284. The summed E-state index contributed by atoms with van der Waals surface area (Å²) in [5.74, 6) is 1.64. The van der Waals surface area contributed by atoms with Gasteiger partial charge in [-0.15, -0.1) is 11.6 Å². The molecule has 110 valence electrons. The Hall–Kier alpha value is -1.26. The molecule has 20 heavy (non-hydrogen) atoms. The molecule has 0 spiro atoms. The standard InChI is InChI=1S/C15H21ClN2O2/c1-10(16)14-17-12-8-11(19-4)6-7-13(12)18(14)9-15(2,3)20-5/h6-8,10H,9H2,1-5H3. The monoisotopic (exact) mass is 296 g/mol. The summed E-state index contributed by atoms with van der Waals surface area (Å²) < 4.78 is 12.9. The number of aromatic nitrogens is 2. The van der Waals surface area contributed by atoms with E-state index >= 15 is 0 Å². The number of imidazole rings is 1. The van der Waals surface area contributed by atoms with Crippen molar-refractivity contribution in [2.75, 3.05) is 14.2 Å². The van der Waals surface area contributed by atoms with Crippen LogP contribution >= 0.6 is 11.6 Å². The summed E-state index contributed by atoms with van der Waals surface area (Å²) in [6, 6.07) is 5.87. The van der Waals surface area contributed by atoms with Crippen LogP contribution in [0, 0.1) is 0 Å². The molecule has 0 bridgehead atoms. The molecule has 1 heterocycles. The quantitative estimate of drug-likeness (QED) is 0.788. The molecule has 0 aliphatic heterocycles. The zero-order chi connectivity index (χ0) is 14.9. The summed E-state index contributed by atoms with van der Waals surface area (Å²) in [6.45, 7) is 6.71. The van der Waals surface area contributed by atoms with Crippen LogP contribution in [0.25, 0.3) is 11.0 Å². The van der Waals surface area contributed by atoms with Crippen LogP contribution in [0.15, 0.2) is 18.2 Å². The lowest BCUT2D eigenvalue weighted by molar-refractivity contribution is 0.00842. The van der Waals surface area contributed by atoms with Crippen LogP contribution in [-0.2, 0) is 11.3 Å². The molecule has 0 amide bonds. The molecule has 0 aliphatic rings. The Kier molecular flexibility index (Phi) is 4.25. The fraction of sp³-hybridized carbons (Fsp3) is 0.533. The number of fused-ring (bicyclic) bond motifs is 1. The summed E-state index contributed by atoms with van der Waals surface area (Å²) in [4.78, 5) is 4.63. The molecule has 4 nitrogen and oxygen atoms in total. The normalized spacial score (nSPS) is 13.7. The third-order valence-corrected chi connectivity index (χ3v) is 3.63. The molecular weight excluding hydrogens is 276 g/mol. The van der Waals surface area contributed by atoms with Crippen molar-refractivity contribution in [2.24, 2.45) is 0 Å². The van der Waals surface area contributed by atoms with Gasteiger partial charge in [0.05, 0.1) is 35.7 Å². The van der Waals surface area contributed by atoms with E-state index in [9.17, 15) is 0 Å². The van der Waals surface area contributed by atoms with E-state index in [0.29, 0.717) is 6.54 Å². The van der Waals surface area contributed by atoms with E-state index in [1.54, 1.807) is 14.2 Å². The molecule has 2 aromatic rings. The van der Waals surface area contributed by atoms with Gasteiger partial charge >= 0.3 is 0 Å². The lowest BCUT2D eigenvalue weighted by atomic mass is 10.1. The van der Waals surface area contributed by atoms with Crippen molar-refractivity contribution in [1.82, 2.24) is 9.55 Å². The highest BCUT2D eigenvalue weighted by Gasteiger charge is 2.23. The third kappa shape index (κ3) is 2.91. The minimum Gasteiger partial charge on any atom is -0.497 e. The van der Waals surface area contributed by atoms with Gasteiger partial charge in [-0.25, -0.2) is 4.98 Å². The number of methoxy groups -OCH3 is 2. The van der Waals surface area contributed by atoms with Crippen molar-refractivity contribution < 1.29 is 9.47 Å². The number of rotatable bonds is 5. The van der Waals surface area contributed by atoms with Crippen molar-refractivity contribution in [2.45, 2.75) is 38.3 Å². The van der Waals surface area contributed by atoms with Gasteiger partial charge in [-0.05, 0) is 32.9 Å². The van der Waals surface area contributed by atoms with Gasteiger partial charge in [0.25, 0.3) is 0 Å². The average Bonchev–Trinajstić information content (AvgIpc) is 2.76. The minimum absolute atomic E-state index is 0.166. The Morgan fingerprint density at radius 3 is 2.60 bits per heavy atom. The molecular formula is C15H21ClN2O2. The number of nitrogens with zero attached hydrogens (tertiary/aromatic N) is 2. The Bertz CT molecular complexity index is 605. The largest absolute Gasteiger partial charge is 0.497 e. The van der Waals surface area contributed by atoms with Crippen LogP contribution in [0.5, 0.6) is 5.75 Å². The maximum absolute atomic E-state index is 6.27. The van der Waals surface area contributed by atoms with Gasteiger partial charge in [0.1, 0.15) is 11.6 Å². The predicted molar refractivity (Wildman–Crippen MR) is 81.6 cm³/mol. The first-order valence-corrected chi connectivity index (χ1v) is 7.05. The molecule has 0 N–H and O–H groups in total. The number of benzene rings is 1. The lowest BCUT2D eigenvalue weighted by Crippen LogP contribution is -2.29. The van der Waals surface area contributed by atoms with Gasteiger partial charge in [-0.2, -0.15) is 0 Å². The lowest BCUT2D eigenvalue weighted by Gasteiger charge is -2.25. The molecule has 5 heteroatoms. The van der Waals surface area contributed by atoms with Crippen molar-refractivity contribution in [3.05, 3.63) is 24.0 Å². The highest BCUT2D eigenvalue weighted by molar-refractivity contribution is 6.20. The predicted octanol–water partition coefficient (Wildman–Crippen LogP) is 3.77. The fourth-order valence-electron chi connectivity index (χ4n) is 2.17. The van der Waals surface area contributed by atoms with Crippen molar-refractivity contribution in [3.63, 3.8) is 0 Å². The second-order valence-corrected chi connectivity index (χ2v) is 6.15. The molecule has 0 saturated heterocycles. The Morgan fingerprint density at radius 2 is 2.05 bits per heavy atom. The second kappa shape index (κ2) is 5.62. The van der Waals surface area contributed by atoms with Gasteiger partial charge < -0.3 is 14.0 Å². The van der Waals surface area contributed by atoms with E-state index in [2.05, 4.69) is 9.55 Å². The van der Waals surface area contributed by atoms with E-state index in [4.69, 9.17) is 21.1 Å². The van der Waals surface area contributed by atoms with Crippen LogP contribution in [0.3, 0.4) is 0 Å². The van der Waals surface area contributed by atoms with E-state index in [1.807, 2.05) is 39.0 Å². The van der Waals surface area contributed by atoms with Crippen LogP contribution in [0.1, 0.15) is 32.0 Å². The Morgan fingerprint density at radius 1 is 1.35 bits per heavy atom. The molecule has 0 saturated carbocycles. The fourth-order valence-corrected chi connectivity index (χ4v) is 2.34. The molecule has 0 fully saturated rings. The second-order valence-electron chi connectivity index (χ2n) is 5.49. The van der Waals surface area contributed by atoms with E-state index in [0.717, 1.165) is 22.6 Å². The van der Waals surface area contributed by atoms with Gasteiger partial charge in [-0.3, -0.25) is 0 Å². The van der Waals surface area contributed by atoms with Crippen LogP contribution in [0.4, 0.5) is 0 Å². The summed E-state index contributed by atoms with van der Waals surface area (Å²) in [5, 5.41) is -0.166. The van der Waals surface area contributed by atoms with E-state index in [1.165, 1.54) is 0 Å².